The van der Waals surface area contributed by atoms with Crippen LogP contribution in [0.5, 0.6) is 5.75 Å². The van der Waals surface area contributed by atoms with Crippen LogP contribution in [0.3, 0.4) is 0 Å². The Labute approximate surface area is 162 Å². The van der Waals surface area contributed by atoms with Gasteiger partial charge in [-0.2, -0.15) is 0 Å². The molecule has 7 nitrogen and oxygen atoms in total. The van der Waals surface area contributed by atoms with Gasteiger partial charge in [0.1, 0.15) is 23.6 Å². The third kappa shape index (κ3) is 7.96. The van der Waals surface area contributed by atoms with Crippen molar-refractivity contribution in [1.82, 2.24) is 10.2 Å². The van der Waals surface area contributed by atoms with Crippen LogP contribution in [0, 0.1) is 0 Å². The number of nitrogens with zero attached hydrogens (tertiary/aromatic N) is 2. The molecule has 1 heterocycles. The number of hydrogen-bond acceptors (Lipinski definition) is 7. The number of ether oxygens (including phenoxy) is 1. The lowest BCUT2D eigenvalue weighted by atomic mass is 10.2. The molecular formula is C20H31N5O2. The number of nitrogens with one attached hydrogen (secondary N) is 2. The van der Waals surface area contributed by atoms with Gasteiger partial charge in [0.2, 0.25) is 0 Å². The molecule has 0 aromatic heterocycles. The maximum Gasteiger partial charge on any atom is 0.133 e. The van der Waals surface area contributed by atoms with Gasteiger partial charge in [-0.3, -0.25) is 4.90 Å². The second-order valence-electron chi connectivity index (χ2n) is 5.71. The van der Waals surface area contributed by atoms with Crippen LogP contribution in [0.2, 0.25) is 0 Å². The monoisotopic (exact) mass is 373 g/mol. The fourth-order valence-corrected chi connectivity index (χ4v) is 2.33. The summed E-state index contributed by atoms with van der Waals surface area (Å²) in [6.45, 7) is 6.61. The van der Waals surface area contributed by atoms with Crippen LogP contribution in [0.25, 0.3) is 0 Å². The minimum absolute atomic E-state index is 0.576. The summed E-state index contributed by atoms with van der Waals surface area (Å²) < 4.78 is 5.80. The topological polar surface area (TPSA) is 92.0 Å². The first kappa shape index (κ1) is 22.2. The third-order valence-corrected chi connectivity index (χ3v) is 4.00. The number of allylic oxidation sites excluding steroid dienone is 2. The van der Waals surface area contributed by atoms with Gasteiger partial charge in [0, 0.05) is 32.8 Å². The van der Waals surface area contributed by atoms with Crippen molar-refractivity contribution in [2.45, 2.75) is 20.3 Å². The summed E-state index contributed by atoms with van der Waals surface area (Å²) in [6, 6.07) is 5.58. The van der Waals surface area contributed by atoms with Crippen molar-refractivity contribution in [3.8, 4) is 5.75 Å². The Bertz CT molecular complexity index is 679. The normalized spacial score (nSPS) is 12.9. The first-order valence-electron chi connectivity index (χ1n) is 9.10. The molecule has 7 heteroatoms. The van der Waals surface area contributed by atoms with Crippen molar-refractivity contribution in [2.75, 3.05) is 44.8 Å². The molecule has 0 unspecified atom stereocenters. The quantitative estimate of drug-likeness (QED) is 0.479. The summed E-state index contributed by atoms with van der Waals surface area (Å²) in [4.78, 5) is 16.2. The Morgan fingerprint density at radius 2 is 2.00 bits per heavy atom. The zero-order valence-electron chi connectivity index (χ0n) is 16.7. The Hall–Kier alpha value is -2.80. The van der Waals surface area contributed by atoms with E-state index < -0.39 is 0 Å². The van der Waals surface area contributed by atoms with Crippen LogP contribution < -0.4 is 21.1 Å². The van der Waals surface area contributed by atoms with E-state index in [1.165, 1.54) is 0 Å². The molecule has 1 aromatic carbocycles. The molecule has 1 aromatic rings. The second kappa shape index (κ2) is 12.5. The fraction of sp³-hybridized carbons (Fsp3) is 0.400. The number of hydrogen-bond donors (Lipinski definition) is 3. The van der Waals surface area contributed by atoms with E-state index in [0.717, 1.165) is 42.4 Å². The SMILES string of the molecule is CCN(CC)CC=O.CNC1=CCC(Oc2ccc(NC)c(N)c2)=CC=N1. The highest BCUT2D eigenvalue weighted by molar-refractivity contribution is 5.73. The van der Waals surface area contributed by atoms with Gasteiger partial charge < -0.3 is 25.9 Å². The lowest BCUT2D eigenvalue weighted by Crippen LogP contribution is -2.24. The largest absolute Gasteiger partial charge is 0.461 e. The number of carbonyl (C=O) groups is 1. The van der Waals surface area contributed by atoms with Crippen molar-refractivity contribution in [1.29, 1.82) is 0 Å². The Balaban J connectivity index is 0.000000387. The molecule has 0 bridgehead atoms. The maximum absolute atomic E-state index is 9.89. The van der Waals surface area contributed by atoms with Crippen molar-refractivity contribution in [3.05, 3.63) is 41.9 Å². The van der Waals surface area contributed by atoms with Crippen molar-refractivity contribution >= 4 is 23.9 Å². The highest BCUT2D eigenvalue weighted by Gasteiger charge is 2.05. The number of rotatable bonds is 8. The van der Waals surface area contributed by atoms with E-state index in [2.05, 4.69) is 20.5 Å². The minimum atomic E-state index is 0.576. The summed E-state index contributed by atoms with van der Waals surface area (Å²) >= 11 is 0. The van der Waals surface area contributed by atoms with Crippen LogP contribution in [0.15, 0.2) is 46.9 Å². The summed E-state index contributed by atoms with van der Waals surface area (Å²) in [6.07, 6.45) is 7.16. The molecule has 0 aliphatic carbocycles. The number of benzene rings is 1. The smallest absolute Gasteiger partial charge is 0.133 e. The van der Waals surface area contributed by atoms with E-state index >= 15 is 0 Å². The third-order valence-electron chi connectivity index (χ3n) is 4.00. The number of anilines is 2. The lowest BCUT2D eigenvalue weighted by molar-refractivity contribution is -0.108. The first-order valence-corrected chi connectivity index (χ1v) is 9.10. The summed E-state index contributed by atoms with van der Waals surface area (Å²) in [7, 11) is 3.67. The van der Waals surface area contributed by atoms with Gasteiger partial charge in [0.15, 0.2) is 0 Å². The second-order valence-corrected chi connectivity index (χ2v) is 5.71. The molecule has 0 spiro atoms. The van der Waals surface area contributed by atoms with Crippen LogP contribution in [0.1, 0.15) is 20.3 Å². The van der Waals surface area contributed by atoms with Gasteiger partial charge in [-0.05, 0) is 37.4 Å². The lowest BCUT2D eigenvalue weighted by Gasteiger charge is -2.12. The number of carbonyl (C=O) groups excluding carboxylic acids is 1. The number of aliphatic imine (C=N–C) groups is 1. The molecule has 2 rings (SSSR count). The van der Waals surface area contributed by atoms with Gasteiger partial charge in [0.05, 0.1) is 17.9 Å². The predicted molar refractivity (Wildman–Crippen MR) is 113 cm³/mol. The minimum Gasteiger partial charge on any atom is -0.461 e. The highest BCUT2D eigenvalue weighted by Crippen LogP contribution is 2.25. The van der Waals surface area contributed by atoms with Crippen molar-refractivity contribution in [2.24, 2.45) is 4.99 Å². The Kier molecular flexibility index (Phi) is 10.3. The van der Waals surface area contributed by atoms with E-state index in [1.54, 1.807) is 12.3 Å². The predicted octanol–water partition coefficient (Wildman–Crippen LogP) is 2.64. The molecule has 0 atom stereocenters. The number of likely N-dealkylation sites (N-methyl/N-ethyl adjacent to an activating group) is 1. The van der Waals surface area contributed by atoms with Crippen molar-refractivity contribution in [3.63, 3.8) is 0 Å². The molecule has 0 radical (unpaired) electrons. The van der Waals surface area contributed by atoms with Gasteiger partial charge >= 0.3 is 0 Å². The molecule has 1 aliphatic rings. The van der Waals surface area contributed by atoms with E-state index in [-0.39, 0.29) is 0 Å². The summed E-state index contributed by atoms with van der Waals surface area (Å²) in [5, 5.41) is 6.01. The molecule has 0 saturated heterocycles. The standard InChI is InChI=1S/C14H18N4O.C6H13NO/c1-16-13-5-3-11(9-12(13)15)19-10-4-6-14(17-2)18-8-7-10;1-3-7(4-2)5-6-8/h3,5-9,16-17H,4,15H2,1-2H3;6H,3-5H2,1-2H3. The van der Waals surface area contributed by atoms with Crippen LogP contribution in [0.4, 0.5) is 11.4 Å². The molecule has 0 amide bonds. The van der Waals surface area contributed by atoms with E-state index in [1.807, 2.05) is 52.2 Å². The van der Waals surface area contributed by atoms with Crippen LogP contribution in [-0.2, 0) is 4.79 Å². The molecule has 27 heavy (non-hydrogen) atoms. The van der Waals surface area contributed by atoms with E-state index in [0.29, 0.717) is 18.7 Å². The van der Waals surface area contributed by atoms with Crippen LogP contribution >= 0.6 is 0 Å². The van der Waals surface area contributed by atoms with Gasteiger partial charge in [-0.1, -0.05) is 13.8 Å². The average Bonchev–Trinajstić information content (AvgIpc) is 2.92. The van der Waals surface area contributed by atoms with Gasteiger partial charge in [-0.25, -0.2) is 4.99 Å². The zero-order chi connectivity index (χ0) is 20.1. The number of nitrogen functional groups attached to an aromatic ring is 1. The summed E-state index contributed by atoms with van der Waals surface area (Å²) in [5.41, 5.74) is 7.45. The number of aldehydes is 1. The Morgan fingerprint density at radius 1 is 1.26 bits per heavy atom. The van der Waals surface area contributed by atoms with Crippen LogP contribution in [-0.4, -0.2) is 51.1 Å². The summed E-state index contributed by atoms with van der Waals surface area (Å²) in [5.74, 6) is 2.38. The van der Waals surface area contributed by atoms with Gasteiger partial charge in [-0.15, -0.1) is 0 Å². The molecule has 1 aliphatic heterocycles. The molecule has 4 N–H and O–H groups in total. The zero-order valence-corrected chi connectivity index (χ0v) is 16.7. The van der Waals surface area contributed by atoms with E-state index in [9.17, 15) is 4.79 Å². The average molecular weight is 374 g/mol. The fourth-order valence-electron chi connectivity index (χ4n) is 2.33. The molecule has 0 fully saturated rings. The number of nitrogens with two attached hydrogens (primary N) is 1. The molecule has 148 valence electrons. The van der Waals surface area contributed by atoms with Gasteiger partial charge in [0.25, 0.3) is 0 Å². The van der Waals surface area contributed by atoms with Crippen molar-refractivity contribution < 1.29 is 9.53 Å². The Morgan fingerprint density at radius 3 is 2.52 bits per heavy atom. The maximum atomic E-state index is 9.89. The molecule has 0 saturated carbocycles. The van der Waals surface area contributed by atoms with E-state index in [4.69, 9.17) is 10.5 Å². The first-order chi connectivity index (χ1) is 13.1. The molecular weight excluding hydrogens is 342 g/mol. The highest BCUT2D eigenvalue weighted by atomic mass is 16.5.